The van der Waals surface area contributed by atoms with E-state index in [4.69, 9.17) is 0 Å². The van der Waals surface area contributed by atoms with E-state index in [-0.39, 0.29) is 0 Å². The van der Waals surface area contributed by atoms with Crippen molar-refractivity contribution in [1.82, 2.24) is 4.57 Å². The molecule has 2 heteroatoms. The van der Waals surface area contributed by atoms with Gasteiger partial charge < -0.3 is 0 Å². The average Bonchev–Trinajstić information content (AvgIpc) is 2.83. The smallest absolute Gasteiger partial charge is 0.237 e. The summed E-state index contributed by atoms with van der Waals surface area (Å²) in [4.78, 5) is 0. The van der Waals surface area contributed by atoms with Gasteiger partial charge >= 0.3 is 0 Å². The van der Waals surface area contributed by atoms with E-state index in [1.54, 1.807) is 0 Å². The van der Waals surface area contributed by atoms with Crippen LogP contribution < -0.4 is 4.57 Å². The Bertz CT molecular complexity index is 379. The first-order chi connectivity index (χ1) is 10.1. The van der Waals surface area contributed by atoms with Crippen molar-refractivity contribution in [3.8, 4) is 0 Å². The highest BCUT2D eigenvalue weighted by Crippen LogP contribution is 2.16. The predicted molar refractivity (Wildman–Crippen MR) is 91.6 cm³/mol. The number of hydrogen-bond donors (Lipinski definition) is 0. The molecule has 1 aromatic heterocycles. The molecule has 1 aromatic rings. The number of nitrogens with zero attached hydrogens (tertiary/aromatic N) is 2. The topological polar surface area (TPSA) is 8.81 Å². The summed E-state index contributed by atoms with van der Waals surface area (Å²) in [5.74, 6) is 2.04. The molecule has 0 aliphatic rings. The van der Waals surface area contributed by atoms with E-state index in [1.807, 2.05) is 0 Å². The second kappa shape index (κ2) is 10.0. The van der Waals surface area contributed by atoms with E-state index >= 15 is 0 Å². The Labute approximate surface area is 132 Å². The van der Waals surface area contributed by atoms with Crippen LogP contribution in [0.5, 0.6) is 0 Å². The molecule has 1 rings (SSSR count). The third-order valence-corrected chi connectivity index (χ3v) is 4.54. The largest absolute Gasteiger partial charge is 0.258 e. The van der Waals surface area contributed by atoms with Crippen molar-refractivity contribution < 1.29 is 4.57 Å². The molecule has 0 bridgehead atoms. The Balaban J connectivity index is 2.24. The Morgan fingerprint density at radius 3 is 2.10 bits per heavy atom. The van der Waals surface area contributed by atoms with Crippen LogP contribution in [0.15, 0.2) is 12.4 Å². The highest BCUT2D eigenvalue weighted by Gasteiger charge is 2.21. The van der Waals surface area contributed by atoms with Gasteiger partial charge in [-0.1, -0.05) is 65.7 Å². The molecular formula is C19H37N2+. The summed E-state index contributed by atoms with van der Waals surface area (Å²) in [6.45, 7) is 9.23. The number of unbranched alkanes of at least 4 members (excludes halogenated alkanes) is 7. The van der Waals surface area contributed by atoms with E-state index < -0.39 is 0 Å². The summed E-state index contributed by atoms with van der Waals surface area (Å²) >= 11 is 0. The fraction of sp³-hybridized carbons (Fsp3) is 0.842. The fourth-order valence-electron chi connectivity index (χ4n) is 3.30. The second-order valence-electron chi connectivity index (χ2n) is 6.94. The van der Waals surface area contributed by atoms with Crippen LogP contribution in [0.2, 0.25) is 0 Å². The standard InChI is InChI=1S/C19H37N2/c1-6-7-8-9-10-11-12-13-14-18(4)21-16-15-20(5)19(21)17(2)3/h15-18H,6-14H2,1-5H3/q+1. The molecule has 122 valence electrons. The lowest BCUT2D eigenvalue weighted by molar-refractivity contribution is -0.727. The number of aromatic nitrogens is 2. The first-order valence-corrected chi connectivity index (χ1v) is 9.14. The monoisotopic (exact) mass is 293 g/mol. The Morgan fingerprint density at radius 1 is 0.952 bits per heavy atom. The molecule has 0 N–H and O–H groups in total. The Kier molecular flexibility index (Phi) is 8.72. The molecule has 0 saturated carbocycles. The third-order valence-electron chi connectivity index (χ3n) is 4.54. The van der Waals surface area contributed by atoms with Crippen molar-refractivity contribution in [2.24, 2.45) is 7.05 Å². The van der Waals surface area contributed by atoms with E-state index in [1.165, 1.54) is 63.6 Å². The lowest BCUT2D eigenvalue weighted by atomic mass is 10.0. The van der Waals surface area contributed by atoms with Crippen LogP contribution in [0.3, 0.4) is 0 Å². The maximum Gasteiger partial charge on any atom is 0.258 e. The molecule has 0 amide bonds. The molecule has 1 atom stereocenters. The minimum atomic E-state index is 0.589. The summed E-state index contributed by atoms with van der Waals surface area (Å²) in [5.41, 5.74) is 0. The summed E-state index contributed by atoms with van der Waals surface area (Å²) in [6.07, 6.45) is 17.0. The van der Waals surface area contributed by atoms with Crippen molar-refractivity contribution in [2.75, 3.05) is 0 Å². The van der Waals surface area contributed by atoms with Crippen LogP contribution in [0, 0.1) is 0 Å². The predicted octanol–water partition coefficient (Wildman–Crippen LogP) is 5.53. The summed E-state index contributed by atoms with van der Waals surface area (Å²) in [6, 6.07) is 0.628. The van der Waals surface area contributed by atoms with Crippen LogP contribution in [-0.2, 0) is 7.05 Å². The summed E-state index contributed by atoms with van der Waals surface area (Å²) < 4.78 is 4.75. The summed E-state index contributed by atoms with van der Waals surface area (Å²) in [5, 5.41) is 0. The van der Waals surface area contributed by atoms with Crippen LogP contribution in [0.1, 0.15) is 103 Å². The van der Waals surface area contributed by atoms with Gasteiger partial charge in [-0.05, 0) is 19.8 Å². The van der Waals surface area contributed by atoms with Gasteiger partial charge in [0.05, 0.1) is 19.0 Å². The first-order valence-electron chi connectivity index (χ1n) is 9.14. The van der Waals surface area contributed by atoms with E-state index in [0.717, 1.165) is 0 Å². The molecule has 21 heavy (non-hydrogen) atoms. The van der Waals surface area contributed by atoms with Gasteiger partial charge in [0, 0.05) is 0 Å². The molecule has 0 saturated heterocycles. The van der Waals surface area contributed by atoms with Gasteiger partial charge in [-0.25, -0.2) is 9.13 Å². The quantitative estimate of drug-likeness (QED) is 0.375. The van der Waals surface area contributed by atoms with Crippen molar-refractivity contribution >= 4 is 0 Å². The molecule has 0 radical (unpaired) electrons. The lowest BCUT2D eigenvalue weighted by Crippen LogP contribution is -2.41. The zero-order valence-electron chi connectivity index (χ0n) is 15.1. The van der Waals surface area contributed by atoms with E-state index in [2.05, 4.69) is 56.3 Å². The average molecular weight is 294 g/mol. The molecule has 0 aromatic carbocycles. The number of imidazole rings is 1. The molecule has 1 unspecified atom stereocenters. The minimum absolute atomic E-state index is 0.589. The second-order valence-corrected chi connectivity index (χ2v) is 6.94. The normalized spacial score (nSPS) is 13.0. The zero-order valence-corrected chi connectivity index (χ0v) is 15.1. The minimum Gasteiger partial charge on any atom is -0.237 e. The van der Waals surface area contributed by atoms with Crippen LogP contribution in [0.4, 0.5) is 0 Å². The number of hydrogen-bond acceptors (Lipinski definition) is 0. The fourth-order valence-corrected chi connectivity index (χ4v) is 3.30. The molecule has 0 spiro atoms. The van der Waals surface area contributed by atoms with Crippen molar-refractivity contribution in [1.29, 1.82) is 0 Å². The van der Waals surface area contributed by atoms with Gasteiger partial charge in [-0.2, -0.15) is 0 Å². The number of rotatable bonds is 11. The van der Waals surface area contributed by atoms with Crippen molar-refractivity contribution in [3.05, 3.63) is 18.2 Å². The maximum absolute atomic E-state index is 2.48. The molecule has 0 aliphatic heterocycles. The van der Waals surface area contributed by atoms with Gasteiger partial charge in [-0.15, -0.1) is 0 Å². The van der Waals surface area contributed by atoms with E-state index in [0.29, 0.717) is 12.0 Å². The Morgan fingerprint density at radius 2 is 1.52 bits per heavy atom. The summed E-state index contributed by atoms with van der Waals surface area (Å²) in [7, 11) is 2.16. The molecule has 0 fully saturated rings. The van der Waals surface area contributed by atoms with Crippen molar-refractivity contribution in [3.63, 3.8) is 0 Å². The van der Waals surface area contributed by atoms with Gasteiger partial charge in [0.15, 0.2) is 0 Å². The third kappa shape index (κ3) is 6.23. The van der Waals surface area contributed by atoms with Gasteiger partial charge in [-0.3, -0.25) is 0 Å². The van der Waals surface area contributed by atoms with E-state index in [9.17, 15) is 0 Å². The van der Waals surface area contributed by atoms with Crippen molar-refractivity contribution in [2.45, 2.75) is 97.4 Å². The number of aryl methyl sites for hydroxylation is 1. The van der Waals surface area contributed by atoms with Gasteiger partial charge in [0.2, 0.25) is 0 Å². The Hall–Kier alpha value is -0.790. The highest BCUT2D eigenvalue weighted by atomic mass is 15.2. The maximum atomic E-state index is 2.48. The zero-order chi connectivity index (χ0) is 15.7. The van der Waals surface area contributed by atoms with Gasteiger partial charge in [0.1, 0.15) is 12.4 Å². The van der Waals surface area contributed by atoms with Crippen LogP contribution in [0.25, 0.3) is 0 Å². The van der Waals surface area contributed by atoms with Gasteiger partial charge in [0.25, 0.3) is 5.82 Å². The first kappa shape index (κ1) is 18.3. The SMILES string of the molecule is CCCCCCCCCCC(C)[n+]1ccn(C)c1C(C)C. The lowest BCUT2D eigenvalue weighted by Gasteiger charge is -2.12. The molecule has 2 nitrogen and oxygen atoms in total. The molecule has 1 heterocycles. The van der Waals surface area contributed by atoms with Crippen LogP contribution >= 0.6 is 0 Å². The van der Waals surface area contributed by atoms with Crippen LogP contribution in [-0.4, -0.2) is 4.57 Å². The molecular weight excluding hydrogens is 256 g/mol. The highest BCUT2D eigenvalue weighted by molar-refractivity contribution is 4.88. The molecule has 0 aliphatic carbocycles.